The van der Waals surface area contributed by atoms with Crippen LogP contribution in [0.1, 0.15) is 24.0 Å². The van der Waals surface area contributed by atoms with Gasteiger partial charge in [-0.3, -0.25) is 9.69 Å². The van der Waals surface area contributed by atoms with Crippen LogP contribution in [0, 0.1) is 12.8 Å². The van der Waals surface area contributed by atoms with Crippen molar-refractivity contribution in [3.05, 3.63) is 64.1 Å². The molecule has 1 amide bonds. The molecule has 3 rings (SSSR count). The fourth-order valence-corrected chi connectivity index (χ4v) is 3.41. The number of nitrogens with zero attached hydrogens (tertiary/aromatic N) is 1. The van der Waals surface area contributed by atoms with Crippen LogP contribution in [-0.4, -0.2) is 23.9 Å². The fraction of sp³-hybridized carbons (Fsp3) is 0.350. The number of carbonyl (C=O) groups is 1. The summed E-state index contributed by atoms with van der Waals surface area (Å²) in [5.74, 6) is 0.276. The lowest BCUT2D eigenvalue weighted by Crippen LogP contribution is -2.37. The number of nitrogens with one attached hydrogen (secondary N) is 1. The second-order valence-electron chi connectivity index (χ2n) is 6.48. The fourth-order valence-electron chi connectivity index (χ4n) is 3.15. The number of aryl methyl sites for hydroxylation is 1. The highest BCUT2D eigenvalue weighted by Crippen LogP contribution is 2.22. The second kappa shape index (κ2) is 7.95. The van der Waals surface area contributed by atoms with Crippen molar-refractivity contribution in [2.75, 3.05) is 18.4 Å². The number of piperidine rings is 1. The van der Waals surface area contributed by atoms with Crippen LogP contribution >= 0.6 is 15.9 Å². The van der Waals surface area contributed by atoms with Crippen molar-refractivity contribution < 1.29 is 4.79 Å². The van der Waals surface area contributed by atoms with E-state index in [0.717, 1.165) is 48.2 Å². The quantitative estimate of drug-likeness (QED) is 0.831. The lowest BCUT2D eigenvalue weighted by molar-refractivity contribution is -0.121. The summed E-state index contributed by atoms with van der Waals surface area (Å²) in [6.07, 6.45) is 1.85. The van der Waals surface area contributed by atoms with Crippen LogP contribution in [0.15, 0.2) is 53.0 Å². The van der Waals surface area contributed by atoms with Gasteiger partial charge >= 0.3 is 0 Å². The van der Waals surface area contributed by atoms with Gasteiger partial charge in [0, 0.05) is 22.6 Å². The molecule has 4 heteroatoms. The molecule has 0 aliphatic carbocycles. The van der Waals surface area contributed by atoms with E-state index in [0.29, 0.717) is 0 Å². The minimum atomic E-state index is 0.116. The van der Waals surface area contributed by atoms with Crippen LogP contribution in [-0.2, 0) is 11.3 Å². The number of hydrogen-bond acceptors (Lipinski definition) is 2. The molecule has 0 saturated carbocycles. The van der Waals surface area contributed by atoms with Crippen LogP contribution in [0.5, 0.6) is 0 Å². The van der Waals surface area contributed by atoms with Crippen molar-refractivity contribution in [1.29, 1.82) is 0 Å². The SMILES string of the molecule is Cc1ccccc1NC(=O)C1CCN(Cc2ccc(Br)cc2)CC1. The third kappa shape index (κ3) is 4.46. The van der Waals surface area contributed by atoms with E-state index < -0.39 is 0 Å². The summed E-state index contributed by atoms with van der Waals surface area (Å²) in [5.41, 5.74) is 3.36. The summed E-state index contributed by atoms with van der Waals surface area (Å²) in [6, 6.07) is 16.4. The first kappa shape index (κ1) is 17.2. The Bertz CT molecular complexity index is 691. The highest BCUT2D eigenvalue weighted by Gasteiger charge is 2.25. The van der Waals surface area contributed by atoms with Gasteiger partial charge in [-0.25, -0.2) is 0 Å². The van der Waals surface area contributed by atoms with Gasteiger partial charge < -0.3 is 5.32 Å². The Labute approximate surface area is 152 Å². The van der Waals surface area contributed by atoms with E-state index in [1.54, 1.807) is 0 Å². The van der Waals surface area contributed by atoms with Gasteiger partial charge in [-0.1, -0.05) is 46.3 Å². The van der Waals surface area contributed by atoms with Crippen molar-refractivity contribution in [2.45, 2.75) is 26.3 Å². The molecule has 1 fully saturated rings. The molecule has 24 heavy (non-hydrogen) atoms. The highest BCUT2D eigenvalue weighted by atomic mass is 79.9. The maximum atomic E-state index is 12.5. The summed E-state index contributed by atoms with van der Waals surface area (Å²) in [6.45, 7) is 4.93. The molecule has 2 aromatic carbocycles. The number of rotatable bonds is 4. The molecule has 0 radical (unpaired) electrons. The van der Waals surface area contributed by atoms with Gasteiger partial charge in [0.15, 0.2) is 0 Å². The van der Waals surface area contributed by atoms with Gasteiger partial charge in [-0.2, -0.15) is 0 Å². The number of amides is 1. The van der Waals surface area contributed by atoms with Crippen LogP contribution in [0.3, 0.4) is 0 Å². The normalized spacial score (nSPS) is 16.1. The van der Waals surface area contributed by atoms with Crippen molar-refractivity contribution in [3.8, 4) is 0 Å². The Balaban J connectivity index is 1.50. The Hall–Kier alpha value is -1.65. The molecule has 1 aliphatic rings. The first-order chi connectivity index (χ1) is 11.6. The summed E-state index contributed by atoms with van der Waals surface area (Å²) in [7, 11) is 0. The number of hydrogen-bond donors (Lipinski definition) is 1. The molecule has 0 bridgehead atoms. The molecule has 1 saturated heterocycles. The summed E-state index contributed by atoms with van der Waals surface area (Å²) in [5, 5.41) is 3.09. The predicted molar refractivity (Wildman–Crippen MR) is 102 cm³/mol. The molecule has 2 aromatic rings. The number of halogens is 1. The van der Waals surface area contributed by atoms with Gasteiger partial charge in [0.25, 0.3) is 0 Å². The predicted octanol–water partition coefficient (Wildman–Crippen LogP) is 4.61. The number of anilines is 1. The van der Waals surface area contributed by atoms with Gasteiger partial charge in [0.2, 0.25) is 5.91 Å². The summed E-state index contributed by atoms with van der Waals surface area (Å²) < 4.78 is 1.11. The molecule has 0 spiro atoms. The van der Waals surface area contributed by atoms with Crippen molar-refractivity contribution in [2.24, 2.45) is 5.92 Å². The third-order valence-electron chi connectivity index (χ3n) is 4.68. The average molecular weight is 387 g/mol. The molecular weight excluding hydrogens is 364 g/mol. The number of likely N-dealkylation sites (tertiary alicyclic amines) is 1. The molecular formula is C20H23BrN2O. The van der Waals surface area contributed by atoms with E-state index in [9.17, 15) is 4.79 Å². The highest BCUT2D eigenvalue weighted by molar-refractivity contribution is 9.10. The summed E-state index contributed by atoms with van der Waals surface area (Å²) in [4.78, 5) is 14.9. The maximum absolute atomic E-state index is 12.5. The van der Waals surface area contributed by atoms with Gasteiger partial charge in [0.05, 0.1) is 0 Å². The zero-order chi connectivity index (χ0) is 16.9. The zero-order valence-electron chi connectivity index (χ0n) is 14.0. The lowest BCUT2D eigenvalue weighted by atomic mass is 9.95. The zero-order valence-corrected chi connectivity index (χ0v) is 15.6. The van der Waals surface area contributed by atoms with Crippen LogP contribution in [0.25, 0.3) is 0 Å². The third-order valence-corrected chi connectivity index (χ3v) is 5.21. The number of para-hydroxylation sites is 1. The molecule has 1 heterocycles. The standard InChI is InChI=1S/C20H23BrN2O/c1-15-4-2-3-5-19(15)22-20(24)17-10-12-23(13-11-17)14-16-6-8-18(21)9-7-16/h2-9,17H,10-14H2,1H3,(H,22,24). The second-order valence-corrected chi connectivity index (χ2v) is 7.40. The largest absolute Gasteiger partial charge is 0.326 e. The molecule has 126 valence electrons. The van der Waals surface area contributed by atoms with Crippen LogP contribution < -0.4 is 5.32 Å². The topological polar surface area (TPSA) is 32.3 Å². The Morgan fingerprint density at radius 2 is 1.79 bits per heavy atom. The molecule has 3 nitrogen and oxygen atoms in total. The van der Waals surface area contributed by atoms with Crippen LogP contribution in [0.4, 0.5) is 5.69 Å². The molecule has 0 atom stereocenters. The van der Waals surface area contributed by atoms with Crippen LogP contribution in [0.2, 0.25) is 0 Å². The maximum Gasteiger partial charge on any atom is 0.227 e. The van der Waals surface area contributed by atoms with E-state index in [2.05, 4.69) is 50.4 Å². The van der Waals surface area contributed by atoms with Crippen molar-refractivity contribution in [1.82, 2.24) is 4.90 Å². The smallest absolute Gasteiger partial charge is 0.227 e. The average Bonchev–Trinajstić information content (AvgIpc) is 2.59. The van der Waals surface area contributed by atoms with E-state index in [1.165, 1.54) is 5.56 Å². The molecule has 0 aromatic heterocycles. The Morgan fingerprint density at radius 1 is 1.12 bits per heavy atom. The molecule has 1 N–H and O–H groups in total. The Kier molecular flexibility index (Phi) is 5.69. The van der Waals surface area contributed by atoms with Crippen molar-refractivity contribution >= 4 is 27.5 Å². The van der Waals surface area contributed by atoms with E-state index in [4.69, 9.17) is 0 Å². The van der Waals surface area contributed by atoms with E-state index >= 15 is 0 Å². The van der Waals surface area contributed by atoms with E-state index in [1.807, 2.05) is 31.2 Å². The van der Waals surface area contributed by atoms with Gasteiger partial charge in [-0.15, -0.1) is 0 Å². The number of benzene rings is 2. The lowest BCUT2D eigenvalue weighted by Gasteiger charge is -2.31. The minimum Gasteiger partial charge on any atom is -0.326 e. The first-order valence-corrected chi connectivity index (χ1v) is 9.24. The van der Waals surface area contributed by atoms with Gasteiger partial charge in [0.1, 0.15) is 0 Å². The minimum absolute atomic E-state index is 0.116. The first-order valence-electron chi connectivity index (χ1n) is 8.45. The van der Waals surface area contributed by atoms with E-state index in [-0.39, 0.29) is 11.8 Å². The monoisotopic (exact) mass is 386 g/mol. The molecule has 1 aliphatic heterocycles. The van der Waals surface area contributed by atoms with Gasteiger partial charge in [-0.05, 0) is 62.2 Å². The molecule has 0 unspecified atom stereocenters. The Morgan fingerprint density at radius 3 is 2.46 bits per heavy atom. The number of carbonyl (C=O) groups excluding carboxylic acids is 1. The summed E-state index contributed by atoms with van der Waals surface area (Å²) >= 11 is 3.47. The van der Waals surface area contributed by atoms with Crippen molar-refractivity contribution in [3.63, 3.8) is 0 Å².